The molecular weight excluding hydrogens is 294 g/mol. The second-order valence-corrected chi connectivity index (χ2v) is 7.73. The van der Waals surface area contributed by atoms with E-state index in [1.54, 1.807) is 0 Å². The molecule has 1 aliphatic rings. The lowest BCUT2D eigenvalue weighted by atomic mass is 9.90. The zero-order valence-electron chi connectivity index (χ0n) is 15.6. The van der Waals surface area contributed by atoms with Crippen LogP contribution in [0.2, 0.25) is 0 Å². The zero-order chi connectivity index (χ0) is 17.5. The lowest BCUT2D eigenvalue weighted by Crippen LogP contribution is -2.53. The van der Waals surface area contributed by atoms with Crippen molar-refractivity contribution in [1.82, 2.24) is 9.55 Å². The number of ether oxygens (including phenoxy) is 2. The van der Waals surface area contributed by atoms with Crippen LogP contribution in [-0.2, 0) is 9.47 Å². The third kappa shape index (κ3) is 3.70. The van der Waals surface area contributed by atoms with Gasteiger partial charge in [0, 0.05) is 20.0 Å². The van der Waals surface area contributed by atoms with Gasteiger partial charge in [0.1, 0.15) is 18.1 Å². The van der Waals surface area contributed by atoms with E-state index in [0.717, 1.165) is 11.5 Å². The van der Waals surface area contributed by atoms with Gasteiger partial charge < -0.3 is 24.0 Å². The molecule has 6 nitrogen and oxygen atoms in total. The predicted molar refractivity (Wildman–Crippen MR) is 90.7 cm³/mol. The number of rotatable bonds is 3. The molecule has 0 aliphatic carbocycles. The zero-order valence-corrected chi connectivity index (χ0v) is 15.6. The van der Waals surface area contributed by atoms with Gasteiger partial charge in [0.15, 0.2) is 0 Å². The Hall–Kier alpha value is -1.11. The number of imidazole rings is 1. The summed E-state index contributed by atoms with van der Waals surface area (Å²) in [6.07, 6.45) is 0.380. The van der Waals surface area contributed by atoms with E-state index >= 15 is 0 Å². The molecule has 1 fully saturated rings. The van der Waals surface area contributed by atoms with Gasteiger partial charge in [-0.3, -0.25) is 0 Å². The Kier molecular flexibility index (Phi) is 5.09. The van der Waals surface area contributed by atoms with Gasteiger partial charge in [-0.05, 0) is 34.6 Å². The summed E-state index contributed by atoms with van der Waals surface area (Å²) in [5.74, 6) is 0.927. The lowest BCUT2D eigenvalue weighted by molar-refractivity contribution is -0.248. The highest BCUT2D eigenvalue weighted by atomic mass is 16.6. The normalized spacial score (nSPS) is 32.1. The molecule has 6 heteroatoms. The fraction of sp³-hybridized carbons (Fsp3) is 0.824. The van der Waals surface area contributed by atoms with E-state index in [9.17, 15) is 5.11 Å². The van der Waals surface area contributed by atoms with Gasteiger partial charge in [-0.15, -0.1) is 0 Å². The summed E-state index contributed by atoms with van der Waals surface area (Å²) >= 11 is 0. The van der Waals surface area contributed by atoms with E-state index in [0.29, 0.717) is 0 Å². The molecule has 23 heavy (non-hydrogen) atoms. The fourth-order valence-corrected chi connectivity index (χ4v) is 3.18. The third-order valence-electron chi connectivity index (χ3n) is 4.34. The van der Waals surface area contributed by atoms with Crippen molar-refractivity contribution >= 4 is 5.82 Å². The summed E-state index contributed by atoms with van der Waals surface area (Å²) in [5, 5.41) is 10.5. The van der Waals surface area contributed by atoms with E-state index in [2.05, 4.69) is 11.9 Å². The van der Waals surface area contributed by atoms with Crippen LogP contribution in [-0.4, -0.2) is 52.7 Å². The number of hydrogen-bond acceptors (Lipinski definition) is 5. The van der Waals surface area contributed by atoms with Crippen LogP contribution in [0.25, 0.3) is 0 Å². The molecule has 1 aromatic rings. The first-order valence-electron chi connectivity index (χ1n) is 8.25. The van der Waals surface area contributed by atoms with E-state index in [1.807, 2.05) is 64.5 Å². The number of aliphatic hydroxyl groups excluding tert-OH is 1. The standard InChI is InChI=1S/C17H31N3O3/c1-10-14(23-17(4,5)6)13(21)12(3)22-16(10)20-9-18-15(11(20)2)19(7)8/h9-10,12-14,16,21H,1-8H3. The minimum Gasteiger partial charge on any atom is -0.388 e. The molecule has 1 aliphatic heterocycles. The Labute approximate surface area is 139 Å². The Morgan fingerprint density at radius 1 is 1.30 bits per heavy atom. The van der Waals surface area contributed by atoms with Crippen LogP contribution >= 0.6 is 0 Å². The van der Waals surface area contributed by atoms with Crippen LogP contribution in [0.1, 0.15) is 46.5 Å². The highest BCUT2D eigenvalue weighted by Crippen LogP contribution is 2.37. The monoisotopic (exact) mass is 325 g/mol. The van der Waals surface area contributed by atoms with E-state index < -0.39 is 6.10 Å². The number of hydrogen-bond donors (Lipinski definition) is 1. The summed E-state index contributed by atoms with van der Waals surface area (Å²) in [5.41, 5.74) is 0.727. The quantitative estimate of drug-likeness (QED) is 0.924. The van der Waals surface area contributed by atoms with Crippen LogP contribution in [0.15, 0.2) is 6.33 Å². The van der Waals surface area contributed by atoms with Gasteiger partial charge in [0.25, 0.3) is 0 Å². The number of anilines is 1. The molecule has 1 saturated heterocycles. The molecule has 2 heterocycles. The molecule has 0 radical (unpaired) electrons. The molecule has 0 saturated carbocycles. The maximum Gasteiger partial charge on any atom is 0.149 e. The topological polar surface area (TPSA) is 59.8 Å². The number of nitrogens with zero attached hydrogens (tertiary/aromatic N) is 3. The SMILES string of the molecule is Cc1c(N(C)C)ncn1C1OC(C)C(O)C(OC(C)(C)C)C1C. The highest BCUT2D eigenvalue weighted by molar-refractivity contribution is 5.41. The third-order valence-corrected chi connectivity index (χ3v) is 4.34. The van der Waals surface area contributed by atoms with Gasteiger partial charge in [-0.2, -0.15) is 0 Å². The number of aromatic nitrogens is 2. The average Bonchev–Trinajstić information content (AvgIpc) is 2.80. The summed E-state index contributed by atoms with van der Waals surface area (Å²) in [6.45, 7) is 12.0. The maximum absolute atomic E-state index is 10.5. The molecule has 1 N–H and O–H groups in total. The van der Waals surface area contributed by atoms with Crippen molar-refractivity contribution in [3.8, 4) is 0 Å². The van der Waals surface area contributed by atoms with E-state index in [1.165, 1.54) is 0 Å². The fourth-order valence-electron chi connectivity index (χ4n) is 3.18. The summed E-state index contributed by atoms with van der Waals surface area (Å²) in [7, 11) is 3.95. The van der Waals surface area contributed by atoms with Gasteiger partial charge in [0.05, 0.1) is 29.8 Å². The first-order valence-corrected chi connectivity index (χ1v) is 8.25. The van der Waals surface area contributed by atoms with E-state index in [-0.39, 0.29) is 30.0 Å². The van der Waals surface area contributed by atoms with Crippen molar-refractivity contribution in [3.05, 3.63) is 12.0 Å². The molecule has 0 bridgehead atoms. The van der Waals surface area contributed by atoms with Crippen molar-refractivity contribution in [2.75, 3.05) is 19.0 Å². The van der Waals surface area contributed by atoms with Crippen LogP contribution in [0.3, 0.4) is 0 Å². The second kappa shape index (κ2) is 6.42. The van der Waals surface area contributed by atoms with Gasteiger partial charge in [-0.1, -0.05) is 6.92 Å². The predicted octanol–water partition coefficient (Wildman–Crippen LogP) is 2.36. The van der Waals surface area contributed by atoms with Gasteiger partial charge in [0.2, 0.25) is 0 Å². The first kappa shape index (κ1) is 18.2. The smallest absolute Gasteiger partial charge is 0.149 e. The Bertz CT molecular complexity index is 536. The molecule has 2 rings (SSSR count). The van der Waals surface area contributed by atoms with Crippen molar-refractivity contribution in [2.24, 2.45) is 5.92 Å². The summed E-state index contributed by atoms with van der Waals surface area (Å²) < 4.78 is 14.3. The molecule has 0 amide bonds. The molecule has 0 aromatic carbocycles. The second-order valence-electron chi connectivity index (χ2n) is 7.73. The minimum atomic E-state index is -0.641. The largest absolute Gasteiger partial charge is 0.388 e. The van der Waals surface area contributed by atoms with Crippen molar-refractivity contribution < 1.29 is 14.6 Å². The summed E-state index contributed by atoms with van der Waals surface area (Å²) in [6, 6.07) is 0. The van der Waals surface area contributed by atoms with Crippen molar-refractivity contribution in [1.29, 1.82) is 0 Å². The van der Waals surface area contributed by atoms with Crippen LogP contribution in [0, 0.1) is 12.8 Å². The average molecular weight is 325 g/mol. The van der Waals surface area contributed by atoms with Crippen LogP contribution in [0.5, 0.6) is 0 Å². The maximum atomic E-state index is 10.5. The molecule has 1 aromatic heterocycles. The number of aliphatic hydroxyl groups is 1. The van der Waals surface area contributed by atoms with Gasteiger partial charge in [-0.25, -0.2) is 4.98 Å². The van der Waals surface area contributed by atoms with E-state index in [4.69, 9.17) is 9.47 Å². The minimum absolute atomic E-state index is 0.00309. The Balaban J connectivity index is 2.32. The molecule has 132 valence electrons. The lowest BCUT2D eigenvalue weighted by Gasteiger charge is -2.45. The molecular formula is C17H31N3O3. The molecule has 0 spiro atoms. The Morgan fingerprint density at radius 3 is 2.39 bits per heavy atom. The van der Waals surface area contributed by atoms with Crippen LogP contribution < -0.4 is 4.90 Å². The van der Waals surface area contributed by atoms with Crippen LogP contribution in [0.4, 0.5) is 5.82 Å². The molecule has 5 atom stereocenters. The van der Waals surface area contributed by atoms with Crippen molar-refractivity contribution in [2.45, 2.75) is 71.7 Å². The first-order chi connectivity index (χ1) is 10.5. The van der Waals surface area contributed by atoms with Crippen molar-refractivity contribution in [3.63, 3.8) is 0 Å². The summed E-state index contributed by atoms with van der Waals surface area (Å²) in [4.78, 5) is 6.46. The van der Waals surface area contributed by atoms with Gasteiger partial charge >= 0.3 is 0 Å². The molecule has 5 unspecified atom stereocenters. The highest BCUT2D eigenvalue weighted by Gasteiger charge is 2.44. The Morgan fingerprint density at radius 2 is 1.91 bits per heavy atom.